The van der Waals surface area contributed by atoms with Crippen LogP contribution < -0.4 is 5.32 Å². The monoisotopic (exact) mass is 179 g/mol. The molecule has 4 heteroatoms. The molecule has 1 aromatic heterocycles. The van der Waals surface area contributed by atoms with Gasteiger partial charge in [0.2, 0.25) is 5.91 Å². The summed E-state index contributed by atoms with van der Waals surface area (Å²) in [5, 5.41) is 9.19. The van der Waals surface area contributed by atoms with Crippen LogP contribution in [-0.4, -0.2) is 16.1 Å². The average molecular weight is 179 g/mol. The lowest BCUT2D eigenvalue weighted by atomic mass is 10.2. The molecule has 70 valence electrons. The van der Waals surface area contributed by atoms with Crippen LogP contribution in [0.25, 0.3) is 0 Å². The Hall–Kier alpha value is -1.32. The fourth-order valence-electron chi connectivity index (χ4n) is 1.45. The number of nitrogens with zero attached hydrogens (tertiary/aromatic N) is 1. The second-order valence-corrected chi connectivity index (χ2v) is 3.70. The quantitative estimate of drug-likeness (QED) is 0.736. The minimum atomic E-state index is 0.0820. The van der Waals surface area contributed by atoms with Gasteiger partial charge in [0.15, 0.2) is 0 Å². The van der Waals surface area contributed by atoms with Crippen molar-refractivity contribution in [3.63, 3.8) is 0 Å². The maximum absolute atomic E-state index is 11.3. The van der Waals surface area contributed by atoms with Gasteiger partial charge in [-0.05, 0) is 18.3 Å². The number of hydrogen-bond donors (Lipinski definition) is 2. The van der Waals surface area contributed by atoms with Crippen molar-refractivity contribution in [3.8, 4) is 0 Å². The molecule has 1 saturated carbocycles. The Labute approximate surface area is 76.7 Å². The standard InChI is InChI=1S/C9H13N3O/c1-6-4-7(6)5-9(13)11-8-2-3-10-12-8/h2-3,6-7H,4-5H2,1H3,(H2,10,11,12,13). The van der Waals surface area contributed by atoms with Crippen LogP contribution >= 0.6 is 0 Å². The van der Waals surface area contributed by atoms with E-state index in [9.17, 15) is 4.79 Å². The number of rotatable bonds is 3. The molecule has 1 fully saturated rings. The third-order valence-electron chi connectivity index (χ3n) is 2.50. The van der Waals surface area contributed by atoms with E-state index in [0.29, 0.717) is 18.2 Å². The smallest absolute Gasteiger partial charge is 0.225 e. The van der Waals surface area contributed by atoms with Gasteiger partial charge >= 0.3 is 0 Å². The van der Waals surface area contributed by atoms with Crippen molar-refractivity contribution < 1.29 is 4.79 Å². The number of carbonyl (C=O) groups excluding carboxylic acids is 1. The van der Waals surface area contributed by atoms with E-state index in [0.717, 1.165) is 5.92 Å². The van der Waals surface area contributed by atoms with Crippen LogP contribution in [0.1, 0.15) is 19.8 Å². The lowest BCUT2D eigenvalue weighted by Crippen LogP contribution is -2.12. The lowest BCUT2D eigenvalue weighted by molar-refractivity contribution is -0.116. The number of nitrogens with one attached hydrogen (secondary N) is 2. The number of H-pyrrole nitrogens is 1. The highest BCUT2D eigenvalue weighted by atomic mass is 16.1. The first kappa shape index (κ1) is 8.29. The molecule has 1 aliphatic carbocycles. The molecule has 4 nitrogen and oxygen atoms in total. The fourth-order valence-corrected chi connectivity index (χ4v) is 1.45. The Kier molecular flexibility index (Phi) is 2.04. The minimum Gasteiger partial charge on any atom is -0.311 e. The maximum atomic E-state index is 11.3. The molecular formula is C9H13N3O. The molecule has 2 rings (SSSR count). The molecule has 13 heavy (non-hydrogen) atoms. The average Bonchev–Trinajstić information content (AvgIpc) is 2.61. The highest BCUT2D eigenvalue weighted by Gasteiger charge is 2.34. The number of amides is 1. The normalized spacial score (nSPS) is 25.6. The Morgan fingerprint density at radius 2 is 2.62 bits per heavy atom. The Balaban J connectivity index is 1.79. The van der Waals surface area contributed by atoms with Crippen LogP contribution in [0.15, 0.2) is 12.3 Å². The zero-order valence-electron chi connectivity index (χ0n) is 7.58. The van der Waals surface area contributed by atoms with Gasteiger partial charge in [0.05, 0.1) is 6.20 Å². The van der Waals surface area contributed by atoms with Crippen molar-refractivity contribution in [2.24, 2.45) is 11.8 Å². The Bertz CT molecular complexity index is 294. The summed E-state index contributed by atoms with van der Waals surface area (Å²) in [5.74, 6) is 2.09. The molecule has 1 aromatic rings. The topological polar surface area (TPSA) is 57.8 Å². The second-order valence-electron chi connectivity index (χ2n) is 3.70. The van der Waals surface area contributed by atoms with Gasteiger partial charge in [-0.15, -0.1) is 0 Å². The molecule has 2 atom stereocenters. The van der Waals surface area contributed by atoms with E-state index in [1.165, 1.54) is 6.42 Å². The van der Waals surface area contributed by atoms with Crippen molar-refractivity contribution in [2.45, 2.75) is 19.8 Å². The summed E-state index contributed by atoms with van der Waals surface area (Å²) < 4.78 is 0. The first-order valence-electron chi connectivity index (χ1n) is 4.55. The zero-order chi connectivity index (χ0) is 9.26. The number of aromatic amines is 1. The third-order valence-corrected chi connectivity index (χ3v) is 2.50. The fraction of sp³-hybridized carbons (Fsp3) is 0.556. The molecule has 1 aliphatic rings. The summed E-state index contributed by atoms with van der Waals surface area (Å²) in [6.07, 6.45) is 3.45. The van der Waals surface area contributed by atoms with E-state index >= 15 is 0 Å². The maximum Gasteiger partial charge on any atom is 0.225 e. The van der Waals surface area contributed by atoms with Crippen LogP contribution in [0.3, 0.4) is 0 Å². The number of hydrogen-bond acceptors (Lipinski definition) is 2. The van der Waals surface area contributed by atoms with Crippen LogP contribution in [0.5, 0.6) is 0 Å². The molecule has 0 aromatic carbocycles. The Morgan fingerprint density at radius 1 is 1.85 bits per heavy atom. The van der Waals surface area contributed by atoms with E-state index in [2.05, 4.69) is 22.4 Å². The first-order chi connectivity index (χ1) is 6.25. The van der Waals surface area contributed by atoms with Crippen molar-refractivity contribution in [2.75, 3.05) is 5.32 Å². The van der Waals surface area contributed by atoms with Crippen LogP contribution in [0.4, 0.5) is 5.82 Å². The Morgan fingerprint density at radius 3 is 3.15 bits per heavy atom. The highest BCUT2D eigenvalue weighted by Crippen LogP contribution is 2.40. The summed E-state index contributed by atoms with van der Waals surface area (Å²) in [6, 6.07) is 1.74. The van der Waals surface area contributed by atoms with Gasteiger partial charge in [-0.3, -0.25) is 9.89 Å². The summed E-state index contributed by atoms with van der Waals surface area (Å²) in [4.78, 5) is 11.3. The van der Waals surface area contributed by atoms with Crippen LogP contribution in [0.2, 0.25) is 0 Å². The van der Waals surface area contributed by atoms with Gasteiger partial charge in [0.1, 0.15) is 5.82 Å². The van der Waals surface area contributed by atoms with Gasteiger partial charge in [-0.1, -0.05) is 6.92 Å². The molecule has 0 spiro atoms. The number of carbonyl (C=O) groups is 1. The first-order valence-corrected chi connectivity index (χ1v) is 4.55. The van der Waals surface area contributed by atoms with E-state index in [1.807, 2.05) is 0 Å². The molecule has 1 heterocycles. The molecule has 1 amide bonds. The molecule has 2 N–H and O–H groups in total. The molecule has 0 bridgehead atoms. The zero-order valence-corrected chi connectivity index (χ0v) is 7.58. The highest BCUT2D eigenvalue weighted by molar-refractivity contribution is 5.89. The van der Waals surface area contributed by atoms with Gasteiger partial charge in [0.25, 0.3) is 0 Å². The molecule has 0 saturated heterocycles. The summed E-state index contributed by atoms with van der Waals surface area (Å²) >= 11 is 0. The van der Waals surface area contributed by atoms with E-state index in [1.54, 1.807) is 12.3 Å². The van der Waals surface area contributed by atoms with Gasteiger partial charge in [0, 0.05) is 12.5 Å². The molecule has 2 unspecified atom stereocenters. The van der Waals surface area contributed by atoms with Gasteiger partial charge < -0.3 is 5.32 Å². The van der Waals surface area contributed by atoms with E-state index in [4.69, 9.17) is 0 Å². The second kappa shape index (κ2) is 3.20. The lowest BCUT2D eigenvalue weighted by Gasteiger charge is -2.00. The van der Waals surface area contributed by atoms with Crippen LogP contribution in [0, 0.1) is 11.8 Å². The summed E-state index contributed by atoms with van der Waals surface area (Å²) in [5.41, 5.74) is 0. The predicted octanol–water partition coefficient (Wildman–Crippen LogP) is 1.39. The van der Waals surface area contributed by atoms with Crippen LogP contribution in [-0.2, 0) is 4.79 Å². The number of aromatic nitrogens is 2. The summed E-state index contributed by atoms with van der Waals surface area (Å²) in [7, 11) is 0. The van der Waals surface area contributed by atoms with E-state index in [-0.39, 0.29) is 5.91 Å². The molecule has 0 radical (unpaired) electrons. The molecule has 0 aliphatic heterocycles. The number of anilines is 1. The van der Waals surface area contributed by atoms with E-state index < -0.39 is 0 Å². The van der Waals surface area contributed by atoms with Crippen molar-refractivity contribution >= 4 is 11.7 Å². The minimum absolute atomic E-state index is 0.0820. The predicted molar refractivity (Wildman–Crippen MR) is 49.1 cm³/mol. The third kappa shape index (κ3) is 2.08. The molecular weight excluding hydrogens is 166 g/mol. The summed E-state index contributed by atoms with van der Waals surface area (Å²) in [6.45, 7) is 2.17. The van der Waals surface area contributed by atoms with Crippen molar-refractivity contribution in [1.29, 1.82) is 0 Å². The largest absolute Gasteiger partial charge is 0.311 e. The van der Waals surface area contributed by atoms with Gasteiger partial charge in [-0.2, -0.15) is 5.10 Å². The SMILES string of the molecule is CC1CC1CC(=O)Nc1ccn[nH]1. The van der Waals surface area contributed by atoms with Crippen molar-refractivity contribution in [3.05, 3.63) is 12.3 Å². The van der Waals surface area contributed by atoms with Gasteiger partial charge in [-0.25, -0.2) is 0 Å². The van der Waals surface area contributed by atoms with Crippen molar-refractivity contribution in [1.82, 2.24) is 10.2 Å².